The fraction of sp³-hybridized carbons (Fsp3) is 0.833. The van der Waals surface area contributed by atoms with Crippen molar-refractivity contribution in [2.24, 2.45) is 5.84 Å². The molecule has 1 unspecified atom stereocenters. The van der Waals surface area contributed by atoms with Crippen LogP contribution in [0.1, 0.15) is 6.92 Å². The Morgan fingerprint density at radius 1 is 1.82 bits per heavy atom. The second kappa shape index (κ2) is 2.28. The minimum atomic E-state index is -0.132. The second-order valence-electron chi connectivity index (χ2n) is 2.99. The number of amides is 2. The molecule has 0 aliphatic carbocycles. The van der Waals surface area contributed by atoms with Gasteiger partial charge in [0.1, 0.15) is 0 Å². The summed E-state index contributed by atoms with van der Waals surface area (Å²) < 4.78 is 0. The molecule has 0 bridgehead atoms. The van der Waals surface area contributed by atoms with Gasteiger partial charge < -0.3 is 5.32 Å². The molecule has 11 heavy (non-hydrogen) atoms. The molecule has 0 aromatic rings. The van der Waals surface area contributed by atoms with Crippen molar-refractivity contribution in [2.75, 3.05) is 5.75 Å². The molecule has 0 aromatic heterocycles. The van der Waals surface area contributed by atoms with Crippen LogP contribution in [0, 0.1) is 0 Å². The first-order chi connectivity index (χ1) is 5.20. The molecular weight excluding hydrogens is 162 g/mol. The Kier molecular flexibility index (Phi) is 1.50. The highest BCUT2D eigenvalue weighted by Crippen LogP contribution is 2.31. The van der Waals surface area contributed by atoms with E-state index in [9.17, 15) is 4.79 Å². The van der Waals surface area contributed by atoms with Crippen molar-refractivity contribution in [1.82, 2.24) is 10.3 Å². The molecule has 4 nitrogen and oxygen atoms in total. The van der Waals surface area contributed by atoms with Crippen molar-refractivity contribution in [3.8, 4) is 0 Å². The molecular formula is C6H11N3OS. The summed E-state index contributed by atoms with van der Waals surface area (Å²) in [5.41, 5.74) is 0. The molecule has 0 spiro atoms. The minimum absolute atomic E-state index is 0.132. The summed E-state index contributed by atoms with van der Waals surface area (Å²) in [6.45, 7) is 2.12. The Bertz CT molecular complexity index is 198. The van der Waals surface area contributed by atoms with Gasteiger partial charge in [-0.2, -0.15) is 11.8 Å². The number of nitrogens with one attached hydrogen (secondary N) is 1. The summed E-state index contributed by atoms with van der Waals surface area (Å²) >= 11 is 1.86. The third-order valence-electron chi connectivity index (χ3n) is 2.33. The molecule has 0 radical (unpaired) electrons. The fourth-order valence-corrected chi connectivity index (χ4v) is 2.93. The van der Waals surface area contributed by atoms with E-state index in [2.05, 4.69) is 12.2 Å². The maximum atomic E-state index is 11.0. The van der Waals surface area contributed by atoms with Gasteiger partial charge >= 0.3 is 6.03 Å². The van der Waals surface area contributed by atoms with Gasteiger partial charge in [0, 0.05) is 11.0 Å². The molecule has 2 saturated heterocycles. The van der Waals surface area contributed by atoms with Crippen LogP contribution in [-0.4, -0.2) is 34.1 Å². The number of hydrogen-bond donors (Lipinski definition) is 2. The number of hydrogen-bond acceptors (Lipinski definition) is 3. The predicted molar refractivity (Wildman–Crippen MR) is 44.1 cm³/mol. The first-order valence-corrected chi connectivity index (χ1v) is 4.71. The standard InChI is InChI=1S/C6H11N3OS/c1-3-5-4(2-11-3)9(7)6(10)8-5/h3-5H,2,7H2,1H3,(H,8,10)/t3?,4-,5+/m0/s1. The Morgan fingerprint density at radius 2 is 2.55 bits per heavy atom. The molecule has 2 heterocycles. The Labute approximate surface area is 69.5 Å². The monoisotopic (exact) mass is 173 g/mol. The van der Waals surface area contributed by atoms with Crippen LogP contribution < -0.4 is 11.2 Å². The van der Waals surface area contributed by atoms with Crippen LogP contribution in [0.5, 0.6) is 0 Å². The number of carbonyl (C=O) groups is 1. The number of thioether (sulfide) groups is 1. The van der Waals surface area contributed by atoms with Gasteiger partial charge in [0.15, 0.2) is 0 Å². The van der Waals surface area contributed by atoms with Crippen LogP contribution in [0.2, 0.25) is 0 Å². The lowest BCUT2D eigenvalue weighted by Crippen LogP contribution is -2.41. The van der Waals surface area contributed by atoms with Crippen molar-refractivity contribution in [3.05, 3.63) is 0 Å². The average Bonchev–Trinajstić information content (AvgIpc) is 2.43. The molecule has 0 aromatic carbocycles. The fourth-order valence-electron chi connectivity index (χ4n) is 1.61. The number of urea groups is 1. The molecule has 0 saturated carbocycles. The van der Waals surface area contributed by atoms with E-state index in [-0.39, 0.29) is 18.1 Å². The van der Waals surface area contributed by atoms with Gasteiger partial charge in [-0.1, -0.05) is 6.92 Å². The maximum absolute atomic E-state index is 11.0. The van der Waals surface area contributed by atoms with E-state index >= 15 is 0 Å². The highest BCUT2D eigenvalue weighted by molar-refractivity contribution is 8.00. The minimum Gasteiger partial charge on any atom is -0.331 e. The van der Waals surface area contributed by atoms with Gasteiger partial charge in [0.25, 0.3) is 0 Å². The van der Waals surface area contributed by atoms with Crippen molar-refractivity contribution < 1.29 is 4.79 Å². The lowest BCUT2D eigenvalue weighted by Gasteiger charge is -2.14. The summed E-state index contributed by atoms with van der Waals surface area (Å²) in [5.74, 6) is 6.49. The molecule has 2 amide bonds. The zero-order valence-corrected chi connectivity index (χ0v) is 7.10. The van der Waals surface area contributed by atoms with E-state index in [1.54, 1.807) is 0 Å². The third-order valence-corrected chi connectivity index (χ3v) is 3.69. The van der Waals surface area contributed by atoms with Gasteiger partial charge in [-0.25, -0.2) is 10.6 Å². The number of carbonyl (C=O) groups excluding carboxylic acids is 1. The van der Waals surface area contributed by atoms with Gasteiger partial charge in [0.05, 0.1) is 12.1 Å². The zero-order chi connectivity index (χ0) is 8.01. The SMILES string of the molecule is CC1SC[C@H]2[C@@H]1NC(=O)N2N. The average molecular weight is 173 g/mol. The van der Waals surface area contributed by atoms with Gasteiger partial charge in [-0.3, -0.25) is 5.01 Å². The summed E-state index contributed by atoms with van der Waals surface area (Å²) in [6.07, 6.45) is 0. The van der Waals surface area contributed by atoms with Gasteiger partial charge in [-0.15, -0.1) is 0 Å². The molecule has 2 rings (SSSR count). The lowest BCUT2D eigenvalue weighted by atomic mass is 10.1. The van der Waals surface area contributed by atoms with Crippen LogP contribution in [0.4, 0.5) is 4.79 Å². The van der Waals surface area contributed by atoms with E-state index < -0.39 is 0 Å². The van der Waals surface area contributed by atoms with Crippen molar-refractivity contribution in [3.63, 3.8) is 0 Å². The van der Waals surface area contributed by atoms with E-state index in [1.807, 2.05) is 11.8 Å². The Hall–Kier alpha value is -0.420. The van der Waals surface area contributed by atoms with E-state index in [0.717, 1.165) is 5.75 Å². The molecule has 62 valence electrons. The smallest absolute Gasteiger partial charge is 0.331 e. The largest absolute Gasteiger partial charge is 0.332 e. The van der Waals surface area contributed by atoms with Gasteiger partial charge in [-0.05, 0) is 0 Å². The van der Waals surface area contributed by atoms with Crippen molar-refractivity contribution >= 4 is 17.8 Å². The number of nitrogens with zero attached hydrogens (tertiary/aromatic N) is 1. The molecule has 5 heteroatoms. The third kappa shape index (κ3) is 0.911. The number of rotatable bonds is 0. The van der Waals surface area contributed by atoms with E-state index in [1.165, 1.54) is 5.01 Å². The molecule has 3 atom stereocenters. The Balaban J connectivity index is 2.18. The molecule has 3 N–H and O–H groups in total. The maximum Gasteiger partial charge on any atom is 0.332 e. The summed E-state index contributed by atoms with van der Waals surface area (Å²) in [6, 6.07) is 0.340. The van der Waals surface area contributed by atoms with Crippen LogP contribution >= 0.6 is 11.8 Å². The first kappa shape index (κ1) is 7.24. The van der Waals surface area contributed by atoms with E-state index in [4.69, 9.17) is 5.84 Å². The Morgan fingerprint density at radius 3 is 3.18 bits per heavy atom. The van der Waals surface area contributed by atoms with Crippen molar-refractivity contribution in [2.45, 2.75) is 24.3 Å². The normalized spacial score (nSPS) is 42.5. The second-order valence-corrected chi connectivity index (χ2v) is 4.40. The highest BCUT2D eigenvalue weighted by atomic mass is 32.2. The molecule has 2 aliphatic heterocycles. The summed E-state index contributed by atoms with van der Waals surface area (Å²) in [5, 5.41) is 4.67. The van der Waals surface area contributed by atoms with Gasteiger partial charge in [0.2, 0.25) is 0 Å². The lowest BCUT2D eigenvalue weighted by molar-refractivity contribution is 0.208. The number of fused-ring (bicyclic) bond motifs is 1. The van der Waals surface area contributed by atoms with Crippen LogP contribution in [0.15, 0.2) is 0 Å². The quantitative estimate of drug-likeness (QED) is 0.302. The number of nitrogens with two attached hydrogens (primary N) is 1. The first-order valence-electron chi connectivity index (χ1n) is 3.66. The molecule has 2 fully saturated rings. The number of hydrazine groups is 1. The van der Waals surface area contributed by atoms with E-state index in [0.29, 0.717) is 5.25 Å². The zero-order valence-electron chi connectivity index (χ0n) is 6.28. The van der Waals surface area contributed by atoms with Crippen LogP contribution in [0.3, 0.4) is 0 Å². The highest BCUT2D eigenvalue weighted by Gasteiger charge is 2.45. The topological polar surface area (TPSA) is 58.4 Å². The van der Waals surface area contributed by atoms with Crippen molar-refractivity contribution in [1.29, 1.82) is 0 Å². The predicted octanol–water partition coefficient (Wildman–Crippen LogP) is -0.242. The summed E-state index contributed by atoms with van der Waals surface area (Å²) in [4.78, 5) is 11.0. The summed E-state index contributed by atoms with van der Waals surface area (Å²) in [7, 11) is 0. The van der Waals surface area contributed by atoms with Crippen LogP contribution in [-0.2, 0) is 0 Å². The molecule has 2 aliphatic rings. The van der Waals surface area contributed by atoms with Crippen LogP contribution in [0.25, 0.3) is 0 Å².